The maximum absolute atomic E-state index is 13.0. The Balaban J connectivity index is 2.83. The third kappa shape index (κ3) is 12.2. The van der Waals surface area contributed by atoms with Crippen molar-refractivity contribution >= 4 is 41.5 Å². The molecule has 8 nitrogen and oxygen atoms in total. The smallest absolute Gasteiger partial charge is 0.243 e. The molecule has 0 fully saturated rings. The number of amides is 2. The van der Waals surface area contributed by atoms with Crippen molar-refractivity contribution in [2.75, 3.05) is 18.6 Å². The molecule has 0 aliphatic carbocycles. The molecule has 0 spiro atoms. The first-order valence-corrected chi connectivity index (χ1v) is 12.5. The third-order valence-corrected chi connectivity index (χ3v) is 5.69. The summed E-state index contributed by atoms with van der Waals surface area (Å²) in [6, 6.07) is 7.84. The fraction of sp³-hybridized carbons (Fsp3) is 0.542. The maximum Gasteiger partial charge on any atom is 0.243 e. The summed E-state index contributed by atoms with van der Waals surface area (Å²) in [5.41, 5.74) is 6.41. The highest BCUT2D eigenvalue weighted by Gasteiger charge is 2.27. The van der Waals surface area contributed by atoms with Gasteiger partial charge in [-0.05, 0) is 43.8 Å². The molecule has 2 amide bonds. The molecule has 0 heterocycles. The summed E-state index contributed by atoms with van der Waals surface area (Å²) >= 11 is 1.57. The number of amidine groups is 1. The lowest BCUT2D eigenvalue weighted by molar-refractivity contribution is -0.131. The number of benzene rings is 1. The van der Waals surface area contributed by atoms with Crippen LogP contribution in [0.5, 0.6) is 0 Å². The van der Waals surface area contributed by atoms with Gasteiger partial charge in [-0.25, -0.2) is 0 Å². The summed E-state index contributed by atoms with van der Waals surface area (Å²) < 4.78 is 0. The minimum absolute atomic E-state index is 0.0532. The lowest BCUT2D eigenvalue weighted by Gasteiger charge is -2.23. The Bertz CT molecular complexity index is 797. The largest absolute Gasteiger partial charge is 0.388 e. The predicted molar refractivity (Wildman–Crippen MR) is 133 cm³/mol. The number of thioether (sulfide) groups is 1. The second-order valence-corrected chi connectivity index (χ2v) is 9.00. The number of aldehydes is 1. The number of carbonyl (C=O) groups excluding carboxylic acids is 4. The Labute approximate surface area is 200 Å². The SMILES string of the molecule is CSCC[C@H](NC(=O)[C@H](Cc1ccccc1)NC(C)=O)C(=O)C[C@H](C=O)CCCN=C(C)N. The van der Waals surface area contributed by atoms with Crippen LogP contribution < -0.4 is 16.4 Å². The van der Waals surface area contributed by atoms with E-state index in [9.17, 15) is 19.2 Å². The lowest BCUT2D eigenvalue weighted by atomic mass is 9.94. The van der Waals surface area contributed by atoms with Crippen LogP contribution in [-0.4, -0.2) is 60.4 Å². The second kappa shape index (κ2) is 16.0. The summed E-state index contributed by atoms with van der Waals surface area (Å²) in [6.07, 6.45) is 4.71. The van der Waals surface area contributed by atoms with Crippen LogP contribution in [0.2, 0.25) is 0 Å². The van der Waals surface area contributed by atoms with Gasteiger partial charge in [-0.1, -0.05) is 30.3 Å². The number of nitrogens with one attached hydrogen (secondary N) is 2. The fourth-order valence-corrected chi connectivity index (χ4v) is 3.83. The number of ketones is 1. The molecule has 1 aromatic carbocycles. The van der Waals surface area contributed by atoms with Gasteiger partial charge in [0, 0.05) is 32.2 Å². The number of carbonyl (C=O) groups is 4. The van der Waals surface area contributed by atoms with Crippen LogP contribution in [0.1, 0.15) is 45.1 Å². The molecule has 0 aliphatic rings. The summed E-state index contributed by atoms with van der Waals surface area (Å²) in [6.45, 7) is 3.56. The van der Waals surface area contributed by atoms with Gasteiger partial charge in [-0.15, -0.1) is 0 Å². The summed E-state index contributed by atoms with van der Waals surface area (Å²) in [5, 5.41) is 5.50. The number of nitrogens with two attached hydrogens (primary N) is 1. The number of rotatable bonds is 16. The van der Waals surface area contributed by atoms with Crippen LogP contribution in [0.4, 0.5) is 0 Å². The van der Waals surface area contributed by atoms with Gasteiger partial charge in [0.1, 0.15) is 12.3 Å². The van der Waals surface area contributed by atoms with Crippen LogP contribution in [0.3, 0.4) is 0 Å². The van der Waals surface area contributed by atoms with Crippen molar-refractivity contribution in [3.63, 3.8) is 0 Å². The first kappa shape index (κ1) is 28.4. The highest BCUT2D eigenvalue weighted by molar-refractivity contribution is 7.98. The maximum atomic E-state index is 13.0. The third-order valence-electron chi connectivity index (χ3n) is 5.04. The topological polar surface area (TPSA) is 131 Å². The monoisotopic (exact) mass is 476 g/mol. The molecule has 9 heteroatoms. The van der Waals surface area contributed by atoms with Gasteiger partial charge in [0.25, 0.3) is 0 Å². The van der Waals surface area contributed by atoms with E-state index in [1.165, 1.54) is 6.92 Å². The van der Waals surface area contributed by atoms with Gasteiger partial charge < -0.3 is 21.2 Å². The Morgan fingerprint density at radius 1 is 1.09 bits per heavy atom. The van der Waals surface area contributed by atoms with Crippen LogP contribution >= 0.6 is 11.8 Å². The molecule has 3 atom stereocenters. The molecular formula is C24H36N4O4S. The van der Waals surface area contributed by atoms with Crippen molar-refractivity contribution in [2.45, 2.75) is 58.0 Å². The molecule has 182 valence electrons. The van der Waals surface area contributed by atoms with Crippen molar-refractivity contribution in [1.82, 2.24) is 10.6 Å². The highest BCUT2D eigenvalue weighted by Crippen LogP contribution is 2.14. The van der Waals surface area contributed by atoms with E-state index < -0.39 is 23.9 Å². The van der Waals surface area contributed by atoms with E-state index in [1.54, 1.807) is 18.7 Å². The normalized spacial score (nSPS) is 14.1. The van der Waals surface area contributed by atoms with Gasteiger partial charge in [0.2, 0.25) is 11.8 Å². The lowest BCUT2D eigenvalue weighted by Crippen LogP contribution is -2.52. The van der Waals surface area contributed by atoms with Gasteiger partial charge >= 0.3 is 0 Å². The van der Waals surface area contributed by atoms with Gasteiger partial charge in [-0.3, -0.25) is 19.4 Å². The average molecular weight is 477 g/mol. The highest BCUT2D eigenvalue weighted by atomic mass is 32.2. The Kier molecular flexibility index (Phi) is 13.8. The molecule has 33 heavy (non-hydrogen) atoms. The zero-order valence-electron chi connectivity index (χ0n) is 19.7. The molecule has 0 bridgehead atoms. The van der Waals surface area contributed by atoms with E-state index in [2.05, 4.69) is 15.6 Å². The molecule has 0 radical (unpaired) electrons. The summed E-state index contributed by atoms with van der Waals surface area (Å²) in [7, 11) is 0. The molecule has 0 aromatic heterocycles. The van der Waals surface area contributed by atoms with Crippen LogP contribution in [0.25, 0.3) is 0 Å². The number of hydrogen-bond donors (Lipinski definition) is 3. The van der Waals surface area contributed by atoms with E-state index in [0.717, 1.165) is 11.8 Å². The average Bonchev–Trinajstić information content (AvgIpc) is 2.78. The Morgan fingerprint density at radius 3 is 2.36 bits per heavy atom. The van der Waals surface area contributed by atoms with Crippen LogP contribution in [0.15, 0.2) is 35.3 Å². The van der Waals surface area contributed by atoms with Crippen molar-refractivity contribution in [2.24, 2.45) is 16.6 Å². The van der Waals surface area contributed by atoms with Crippen molar-refractivity contribution in [1.29, 1.82) is 0 Å². The molecule has 0 aliphatic heterocycles. The first-order chi connectivity index (χ1) is 15.8. The summed E-state index contributed by atoms with van der Waals surface area (Å²) in [5.74, 6) is -0.198. The molecule has 0 saturated heterocycles. The fourth-order valence-electron chi connectivity index (χ4n) is 3.35. The number of Topliss-reactive ketones (excluding diaryl/α,β-unsaturated/α-hetero) is 1. The zero-order chi connectivity index (χ0) is 24.6. The van der Waals surface area contributed by atoms with Crippen molar-refractivity contribution in [3.8, 4) is 0 Å². The van der Waals surface area contributed by atoms with Crippen molar-refractivity contribution < 1.29 is 19.2 Å². The van der Waals surface area contributed by atoms with E-state index in [1.807, 2.05) is 36.6 Å². The zero-order valence-corrected chi connectivity index (χ0v) is 20.5. The van der Waals surface area contributed by atoms with E-state index in [4.69, 9.17) is 5.73 Å². The van der Waals surface area contributed by atoms with Crippen LogP contribution in [-0.2, 0) is 25.6 Å². The van der Waals surface area contributed by atoms with Gasteiger partial charge in [0.05, 0.1) is 11.9 Å². The number of hydrogen-bond acceptors (Lipinski definition) is 6. The summed E-state index contributed by atoms with van der Waals surface area (Å²) in [4.78, 5) is 53.3. The molecule has 4 N–H and O–H groups in total. The second-order valence-electron chi connectivity index (χ2n) is 8.02. The number of aliphatic imine (C=N–C) groups is 1. The quantitative estimate of drug-likeness (QED) is 0.145. The number of nitrogens with zero attached hydrogens (tertiary/aromatic N) is 1. The minimum Gasteiger partial charge on any atom is -0.388 e. The standard InChI is InChI=1S/C24H36N4O4S/c1-17(25)26-12-7-10-20(16-29)15-23(31)21(11-13-33-3)28-24(32)22(27-18(2)30)14-19-8-5-4-6-9-19/h4-6,8-9,16,20-22H,7,10-15H2,1-3H3,(H2,25,26)(H,27,30)(H,28,32)/t20-,21+,22+/m1/s1. The molecule has 0 saturated carbocycles. The van der Waals surface area contributed by atoms with Crippen molar-refractivity contribution in [3.05, 3.63) is 35.9 Å². The first-order valence-electron chi connectivity index (χ1n) is 11.1. The molecule has 1 rings (SSSR count). The molecular weight excluding hydrogens is 440 g/mol. The van der Waals surface area contributed by atoms with E-state index >= 15 is 0 Å². The minimum atomic E-state index is -0.797. The molecule has 1 aromatic rings. The molecule has 0 unspecified atom stereocenters. The Hall–Kier alpha value is -2.68. The van der Waals surface area contributed by atoms with Gasteiger partial charge in [-0.2, -0.15) is 11.8 Å². The van der Waals surface area contributed by atoms with E-state index in [0.29, 0.717) is 43.8 Å². The van der Waals surface area contributed by atoms with Gasteiger partial charge in [0.15, 0.2) is 5.78 Å². The Morgan fingerprint density at radius 2 is 1.79 bits per heavy atom. The predicted octanol–water partition coefficient (Wildman–Crippen LogP) is 1.90. The van der Waals surface area contributed by atoms with E-state index in [-0.39, 0.29) is 18.1 Å². The van der Waals surface area contributed by atoms with Crippen LogP contribution in [0, 0.1) is 5.92 Å².